The minimum atomic E-state index is -0.901. The SMILES string of the molecule is CC/C=C\C/C=C\C/C=C\C/C=C\C/C=C\C/C=C\C/C=C\C/C=C\CCCCC(=O)NC(CO)C(O)/C=C/CC/C=C/CC/C=C/CCCCCCCCCCCCCCCCCCCCCCCCC. The van der Waals surface area contributed by atoms with Gasteiger partial charge in [-0.3, -0.25) is 4.79 Å². The highest BCUT2D eigenvalue weighted by Gasteiger charge is 2.17. The van der Waals surface area contributed by atoms with Crippen molar-refractivity contribution in [3.63, 3.8) is 0 Å². The Labute approximate surface area is 447 Å². The largest absolute Gasteiger partial charge is 0.394 e. The Morgan fingerprint density at radius 2 is 0.625 bits per heavy atom. The zero-order valence-electron chi connectivity index (χ0n) is 47.2. The van der Waals surface area contributed by atoms with Crippen LogP contribution in [0.25, 0.3) is 0 Å². The molecule has 1 amide bonds. The summed E-state index contributed by atoms with van der Waals surface area (Å²) in [5.74, 6) is -0.124. The van der Waals surface area contributed by atoms with Gasteiger partial charge in [0, 0.05) is 6.42 Å². The number of hydrogen-bond acceptors (Lipinski definition) is 3. The first-order valence-corrected chi connectivity index (χ1v) is 30.4. The van der Waals surface area contributed by atoms with E-state index in [9.17, 15) is 15.0 Å². The first-order valence-electron chi connectivity index (χ1n) is 30.4. The maximum Gasteiger partial charge on any atom is 0.220 e. The van der Waals surface area contributed by atoms with Crippen molar-refractivity contribution in [3.8, 4) is 0 Å². The van der Waals surface area contributed by atoms with Crippen LogP contribution in [0.2, 0.25) is 0 Å². The van der Waals surface area contributed by atoms with Crippen molar-refractivity contribution >= 4 is 5.91 Å². The molecule has 0 aromatic rings. The Balaban J connectivity index is 3.67. The van der Waals surface area contributed by atoms with Crippen LogP contribution in [0, 0.1) is 0 Å². The van der Waals surface area contributed by atoms with Crippen LogP contribution in [-0.4, -0.2) is 34.9 Å². The lowest BCUT2D eigenvalue weighted by Crippen LogP contribution is -2.45. The predicted octanol–water partition coefficient (Wildman–Crippen LogP) is 20.6. The van der Waals surface area contributed by atoms with Gasteiger partial charge in [-0.25, -0.2) is 0 Å². The van der Waals surface area contributed by atoms with Gasteiger partial charge in [0.1, 0.15) is 0 Å². The van der Waals surface area contributed by atoms with Crippen LogP contribution < -0.4 is 5.32 Å². The summed E-state index contributed by atoms with van der Waals surface area (Å²) in [4.78, 5) is 12.5. The van der Waals surface area contributed by atoms with Crippen molar-refractivity contribution in [1.29, 1.82) is 0 Å². The molecule has 0 radical (unpaired) electrons. The van der Waals surface area contributed by atoms with Gasteiger partial charge in [-0.15, -0.1) is 0 Å². The number of hydrogen-bond donors (Lipinski definition) is 3. The molecule has 0 rings (SSSR count). The molecule has 0 aliphatic rings. The van der Waals surface area contributed by atoms with E-state index in [0.717, 1.165) is 96.3 Å². The number of carbonyl (C=O) groups is 1. The van der Waals surface area contributed by atoms with E-state index >= 15 is 0 Å². The lowest BCUT2D eigenvalue weighted by molar-refractivity contribution is -0.123. The smallest absolute Gasteiger partial charge is 0.220 e. The number of carbonyl (C=O) groups excluding carboxylic acids is 1. The van der Waals surface area contributed by atoms with E-state index in [0.29, 0.717) is 6.42 Å². The average Bonchev–Trinajstić information content (AvgIpc) is 3.39. The molecule has 2 atom stereocenters. The second kappa shape index (κ2) is 61.8. The van der Waals surface area contributed by atoms with E-state index in [2.05, 4.69) is 141 Å². The lowest BCUT2D eigenvalue weighted by Gasteiger charge is -2.19. The first kappa shape index (κ1) is 68.5. The van der Waals surface area contributed by atoms with Crippen molar-refractivity contribution in [1.82, 2.24) is 5.32 Å². The molecule has 0 spiro atoms. The van der Waals surface area contributed by atoms with Gasteiger partial charge in [-0.1, -0.05) is 289 Å². The number of nitrogens with one attached hydrogen (secondary N) is 1. The van der Waals surface area contributed by atoms with Crippen LogP contribution in [0.4, 0.5) is 0 Å². The molecule has 0 fully saturated rings. The molecule has 0 aromatic carbocycles. The second-order valence-electron chi connectivity index (χ2n) is 20.0. The van der Waals surface area contributed by atoms with Gasteiger partial charge >= 0.3 is 0 Å². The van der Waals surface area contributed by atoms with Gasteiger partial charge in [0.15, 0.2) is 0 Å². The summed E-state index contributed by atoms with van der Waals surface area (Å²) in [5, 5.41) is 23.1. The number of aliphatic hydroxyl groups is 2. The Morgan fingerprint density at radius 1 is 0.347 bits per heavy atom. The highest BCUT2D eigenvalue weighted by Crippen LogP contribution is 2.16. The summed E-state index contributed by atoms with van der Waals surface area (Å²) in [7, 11) is 0. The standard InChI is InChI=1S/C68H115NO3/c1-3-5-7-9-11-13-15-17-19-21-23-25-27-29-31-32-33-34-35-36-38-39-41-43-45-47-49-51-53-55-57-59-61-63-67(71)66(65-70)69-68(72)64-62-60-58-56-54-52-50-48-46-44-42-40-37-30-28-26-24-22-20-18-16-14-12-10-8-6-4-2/h6,8,12,14,18,20,24,26,30,37,42,44-45,47-48,50,53-56,61,63,66-67,70-71H,3-5,7,9-11,13,15-17,19,21-23,25,27-29,31-36,38-41,43,46,49,51-52,57-60,62,64-65H2,1-2H3,(H,69,72)/b8-6-,14-12-,20-18-,26-24-,37-30-,44-42-,47-45+,50-48-,55-53+,56-54-,63-61+. The Bertz CT molecular complexity index is 1450. The van der Waals surface area contributed by atoms with E-state index in [4.69, 9.17) is 0 Å². The summed E-state index contributed by atoms with van der Waals surface area (Å²) in [5.41, 5.74) is 0. The van der Waals surface area contributed by atoms with Crippen molar-refractivity contribution in [2.24, 2.45) is 0 Å². The minimum Gasteiger partial charge on any atom is -0.394 e. The molecule has 0 aliphatic heterocycles. The van der Waals surface area contributed by atoms with Gasteiger partial charge in [0.25, 0.3) is 0 Å². The topological polar surface area (TPSA) is 69.6 Å². The fourth-order valence-corrected chi connectivity index (χ4v) is 8.52. The lowest BCUT2D eigenvalue weighted by atomic mass is 10.0. The summed E-state index contributed by atoms with van der Waals surface area (Å²) >= 11 is 0. The van der Waals surface area contributed by atoms with Crippen molar-refractivity contribution < 1.29 is 15.0 Å². The maximum absolute atomic E-state index is 12.5. The van der Waals surface area contributed by atoms with E-state index in [1.165, 1.54) is 154 Å². The minimum absolute atomic E-state index is 0.124. The van der Waals surface area contributed by atoms with Gasteiger partial charge in [-0.2, -0.15) is 0 Å². The van der Waals surface area contributed by atoms with Gasteiger partial charge in [-0.05, 0) is 109 Å². The molecule has 4 heteroatoms. The molecular weight excluding hydrogens is 879 g/mol. The highest BCUT2D eigenvalue weighted by atomic mass is 16.3. The fraction of sp³-hybridized carbons (Fsp3) is 0.662. The predicted molar refractivity (Wildman–Crippen MR) is 322 cm³/mol. The molecule has 0 bridgehead atoms. The van der Waals surface area contributed by atoms with Gasteiger partial charge in [0.05, 0.1) is 18.8 Å². The first-order chi connectivity index (χ1) is 35.7. The number of amides is 1. The van der Waals surface area contributed by atoms with E-state index in [-0.39, 0.29) is 12.5 Å². The monoisotopic (exact) mass is 994 g/mol. The van der Waals surface area contributed by atoms with Crippen molar-refractivity contribution in [2.75, 3.05) is 6.61 Å². The number of rotatable bonds is 54. The van der Waals surface area contributed by atoms with Gasteiger partial charge in [0.2, 0.25) is 5.91 Å². The number of aliphatic hydroxyl groups excluding tert-OH is 2. The van der Waals surface area contributed by atoms with E-state index in [1.54, 1.807) is 6.08 Å². The Morgan fingerprint density at radius 3 is 0.972 bits per heavy atom. The molecule has 4 nitrogen and oxygen atoms in total. The molecule has 0 heterocycles. The Hall–Kier alpha value is -3.47. The van der Waals surface area contributed by atoms with Crippen LogP contribution >= 0.6 is 0 Å². The van der Waals surface area contributed by atoms with Gasteiger partial charge < -0.3 is 15.5 Å². The summed E-state index contributed by atoms with van der Waals surface area (Å²) in [6.07, 6.45) is 96.4. The molecular formula is C68H115NO3. The quantitative estimate of drug-likeness (QED) is 0.0420. The van der Waals surface area contributed by atoms with Crippen molar-refractivity contribution in [2.45, 2.75) is 283 Å². The van der Waals surface area contributed by atoms with E-state index < -0.39 is 12.1 Å². The van der Waals surface area contributed by atoms with Crippen LogP contribution in [0.3, 0.4) is 0 Å². The highest BCUT2D eigenvalue weighted by molar-refractivity contribution is 5.76. The maximum atomic E-state index is 12.5. The zero-order valence-corrected chi connectivity index (χ0v) is 47.2. The number of allylic oxidation sites excluding steroid dienone is 21. The number of unbranched alkanes of at least 4 members (excludes halogenated alkanes) is 27. The second-order valence-corrected chi connectivity index (χ2v) is 20.0. The summed E-state index contributed by atoms with van der Waals surface area (Å²) < 4.78 is 0. The summed E-state index contributed by atoms with van der Waals surface area (Å²) in [6.45, 7) is 4.17. The average molecular weight is 995 g/mol. The van der Waals surface area contributed by atoms with Crippen LogP contribution in [0.15, 0.2) is 134 Å². The molecule has 0 saturated heterocycles. The molecule has 72 heavy (non-hydrogen) atoms. The van der Waals surface area contributed by atoms with Crippen LogP contribution in [0.5, 0.6) is 0 Å². The molecule has 0 aromatic heterocycles. The van der Waals surface area contributed by atoms with E-state index in [1.807, 2.05) is 6.08 Å². The molecule has 3 N–H and O–H groups in total. The normalized spacial score (nSPS) is 13.8. The zero-order chi connectivity index (χ0) is 52.0. The molecule has 410 valence electrons. The Kier molecular flexibility index (Phi) is 58.8. The fourth-order valence-electron chi connectivity index (χ4n) is 8.52. The van der Waals surface area contributed by atoms with Crippen molar-refractivity contribution in [3.05, 3.63) is 134 Å². The third kappa shape index (κ3) is 57.4. The third-order valence-electron chi connectivity index (χ3n) is 13.1. The summed E-state index contributed by atoms with van der Waals surface area (Å²) in [6, 6.07) is -0.681. The molecule has 0 aliphatic carbocycles. The van der Waals surface area contributed by atoms with Crippen LogP contribution in [0.1, 0.15) is 271 Å². The molecule has 0 saturated carbocycles. The van der Waals surface area contributed by atoms with Crippen LogP contribution in [-0.2, 0) is 4.79 Å². The third-order valence-corrected chi connectivity index (χ3v) is 13.1. The molecule has 2 unspecified atom stereocenters.